The van der Waals surface area contributed by atoms with Gasteiger partial charge in [-0.15, -0.1) is 24.0 Å². The number of benzene rings is 1. The molecule has 0 aliphatic rings. The number of hydrogen-bond acceptors (Lipinski definition) is 4. The molecule has 3 aromatic rings. The van der Waals surface area contributed by atoms with Crippen LogP contribution in [-0.4, -0.2) is 34.4 Å². The van der Waals surface area contributed by atoms with Gasteiger partial charge in [-0.05, 0) is 43.5 Å². The highest BCUT2D eigenvalue weighted by molar-refractivity contribution is 14.0. The van der Waals surface area contributed by atoms with Crippen molar-refractivity contribution >= 4 is 29.9 Å². The summed E-state index contributed by atoms with van der Waals surface area (Å²) in [6.45, 7) is 8.09. The second-order valence-electron chi connectivity index (χ2n) is 7.10. The number of aliphatic imine (C=N–C) groups is 1. The molecule has 0 spiro atoms. The molecule has 0 saturated carbocycles. The normalized spacial score (nSPS) is 11.0. The first-order valence-corrected chi connectivity index (χ1v) is 10.2. The summed E-state index contributed by atoms with van der Waals surface area (Å²) in [5.41, 5.74) is 5.39. The zero-order valence-corrected chi connectivity index (χ0v) is 20.9. The largest absolute Gasteiger partial charge is 0.478 e. The number of halogens is 1. The monoisotopic (exact) mass is 534 g/mol. The van der Waals surface area contributed by atoms with E-state index in [1.807, 2.05) is 42.1 Å². The van der Waals surface area contributed by atoms with E-state index >= 15 is 0 Å². The average molecular weight is 534 g/mol. The maximum Gasteiger partial charge on any atom is 0.213 e. The molecule has 2 N–H and O–H groups in total. The van der Waals surface area contributed by atoms with Gasteiger partial charge in [0.1, 0.15) is 0 Å². The van der Waals surface area contributed by atoms with Crippen molar-refractivity contribution in [3.8, 4) is 11.6 Å². The van der Waals surface area contributed by atoms with Gasteiger partial charge in [-0.25, -0.2) is 9.67 Å². The number of para-hydroxylation sites is 1. The number of rotatable bonds is 8. The molecule has 2 aromatic heterocycles. The molecular formula is C23H31IN6O. The summed E-state index contributed by atoms with van der Waals surface area (Å²) in [5, 5.41) is 11.3. The van der Waals surface area contributed by atoms with E-state index in [0.717, 1.165) is 40.6 Å². The summed E-state index contributed by atoms with van der Waals surface area (Å²) in [6, 6.07) is 14.2. The molecule has 2 heterocycles. The molecule has 1 aromatic carbocycles. The minimum Gasteiger partial charge on any atom is -0.478 e. The van der Waals surface area contributed by atoms with Crippen LogP contribution in [0, 0.1) is 13.8 Å². The Bertz CT molecular complexity index is 984. The van der Waals surface area contributed by atoms with E-state index in [1.165, 1.54) is 0 Å². The van der Waals surface area contributed by atoms with E-state index < -0.39 is 0 Å². The van der Waals surface area contributed by atoms with E-state index in [0.29, 0.717) is 25.6 Å². The first kappa shape index (κ1) is 24.6. The zero-order valence-electron chi connectivity index (χ0n) is 18.6. The Morgan fingerprint density at radius 2 is 1.87 bits per heavy atom. The van der Waals surface area contributed by atoms with Crippen molar-refractivity contribution in [2.24, 2.45) is 4.99 Å². The van der Waals surface area contributed by atoms with Crippen LogP contribution in [0.15, 0.2) is 53.7 Å². The van der Waals surface area contributed by atoms with Gasteiger partial charge in [0.05, 0.1) is 18.0 Å². The van der Waals surface area contributed by atoms with Gasteiger partial charge < -0.3 is 15.4 Å². The van der Waals surface area contributed by atoms with Crippen LogP contribution in [0.4, 0.5) is 0 Å². The molecule has 0 unspecified atom stereocenters. The molecule has 3 rings (SSSR count). The predicted octanol–water partition coefficient (Wildman–Crippen LogP) is 4.16. The average Bonchev–Trinajstić information content (AvgIpc) is 3.11. The molecular weight excluding hydrogens is 503 g/mol. The van der Waals surface area contributed by atoms with Gasteiger partial charge >= 0.3 is 0 Å². The molecule has 0 aliphatic carbocycles. The Balaban J connectivity index is 0.00000341. The third-order valence-electron chi connectivity index (χ3n) is 4.61. The SMILES string of the molecule is CCCOc1ccc(CNC(=NC)NCc2ccccc2-n2nc(C)cc2C)cn1.I. The number of hydrogen-bond donors (Lipinski definition) is 2. The first-order chi connectivity index (χ1) is 14.6. The third kappa shape index (κ3) is 6.95. The van der Waals surface area contributed by atoms with Crippen molar-refractivity contribution in [1.29, 1.82) is 0 Å². The lowest BCUT2D eigenvalue weighted by molar-refractivity contribution is 0.305. The van der Waals surface area contributed by atoms with Crippen LogP contribution in [0.25, 0.3) is 5.69 Å². The van der Waals surface area contributed by atoms with Gasteiger partial charge in [-0.1, -0.05) is 31.2 Å². The smallest absolute Gasteiger partial charge is 0.213 e. The second-order valence-corrected chi connectivity index (χ2v) is 7.10. The van der Waals surface area contributed by atoms with Gasteiger partial charge in [-0.3, -0.25) is 4.99 Å². The van der Waals surface area contributed by atoms with Crippen molar-refractivity contribution in [3.05, 3.63) is 71.2 Å². The quantitative estimate of drug-likeness (QED) is 0.258. The molecule has 0 radical (unpaired) electrons. The van der Waals surface area contributed by atoms with Crippen molar-refractivity contribution in [2.45, 2.75) is 40.3 Å². The molecule has 8 heteroatoms. The number of aromatic nitrogens is 3. The van der Waals surface area contributed by atoms with Gasteiger partial charge in [-0.2, -0.15) is 5.10 Å². The number of guanidine groups is 1. The Kier molecular flexibility index (Phi) is 9.77. The molecule has 31 heavy (non-hydrogen) atoms. The Hall–Kier alpha value is -2.62. The van der Waals surface area contributed by atoms with Crippen molar-refractivity contribution < 1.29 is 4.74 Å². The highest BCUT2D eigenvalue weighted by atomic mass is 127. The van der Waals surface area contributed by atoms with Gasteiger partial charge in [0.15, 0.2) is 5.96 Å². The number of nitrogens with one attached hydrogen (secondary N) is 2. The number of nitrogens with zero attached hydrogens (tertiary/aromatic N) is 4. The van der Waals surface area contributed by atoms with Gasteiger partial charge in [0.25, 0.3) is 0 Å². The minimum atomic E-state index is 0. The predicted molar refractivity (Wildman–Crippen MR) is 136 cm³/mol. The van der Waals surface area contributed by atoms with Crippen LogP contribution in [0.3, 0.4) is 0 Å². The standard InChI is InChI=1S/C23H30N6O.HI/c1-5-12-30-22-11-10-19(14-25-22)15-26-23(24-4)27-16-20-8-6-7-9-21(20)29-18(3)13-17(2)28-29;/h6-11,13-14H,5,12,15-16H2,1-4H3,(H2,24,26,27);1H. The Labute approximate surface area is 201 Å². The van der Waals surface area contributed by atoms with Crippen LogP contribution in [0.1, 0.15) is 35.9 Å². The van der Waals surface area contributed by atoms with Crippen molar-refractivity contribution in [1.82, 2.24) is 25.4 Å². The van der Waals surface area contributed by atoms with Crippen molar-refractivity contribution in [2.75, 3.05) is 13.7 Å². The summed E-state index contributed by atoms with van der Waals surface area (Å²) in [6.07, 6.45) is 2.79. The summed E-state index contributed by atoms with van der Waals surface area (Å²) in [7, 11) is 1.77. The lowest BCUT2D eigenvalue weighted by Crippen LogP contribution is -2.36. The lowest BCUT2D eigenvalue weighted by Gasteiger charge is -2.15. The fourth-order valence-electron chi connectivity index (χ4n) is 3.13. The fourth-order valence-corrected chi connectivity index (χ4v) is 3.13. The van der Waals surface area contributed by atoms with Crippen LogP contribution in [0.5, 0.6) is 5.88 Å². The van der Waals surface area contributed by atoms with E-state index in [9.17, 15) is 0 Å². The highest BCUT2D eigenvalue weighted by Gasteiger charge is 2.09. The molecule has 0 fully saturated rings. The Morgan fingerprint density at radius 3 is 2.52 bits per heavy atom. The maximum absolute atomic E-state index is 5.53. The summed E-state index contributed by atoms with van der Waals surface area (Å²) in [5.74, 6) is 1.38. The lowest BCUT2D eigenvalue weighted by atomic mass is 10.1. The van der Waals surface area contributed by atoms with Gasteiger partial charge in [0.2, 0.25) is 5.88 Å². The molecule has 0 saturated heterocycles. The van der Waals surface area contributed by atoms with Gasteiger partial charge in [0, 0.05) is 38.1 Å². The van der Waals surface area contributed by atoms with E-state index in [4.69, 9.17) is 4.74 Å². The molecule has 0 atom stereocenters. The molecule has 166 valence electrons. The zero-order chi connectivity index (χ0) is 21.3. The number of aryl methyl sites for hydroxylation is 2. The molecule has 0 bridgehead atoms. The minimum absolute atomic E-state index is 0. The van der Waals surface area contributed by atoms with Crippen LogP contribution >= 0.6 is 24.0 Å². The summed E-state index contributed by atoms with van der Waals surface area (Å²) >= 11 is 0. The summed E-state index contributed by atoms with van der Waals surface area (Å²) in [4.78, 5) is 8.66. The van der Waals surface area contributed by atoms with Crippen LogP contribution < -0.4 is 15.4 Å². The first-order valence-electron chi connectivity index (χ1n) is 10.2. The second kappa shape index (κ2) is 12.3. The van der Waals surface area contributed by atoms with E-state index in [1.54, 1.807) is 7.05 Å². The molecule has 7 nitrogen and oxygen atoms in total. The third-order valence-corrected chi connectivity index (χ3v) is 4.61. The summed E-state index contributed by atoms with van der Waals surface area (Å²) < 4.78 is 7.51. The van der Waals surface area contributed by atoms with Crippen molar-refractivity contribution in [3.63, 3.8) is 0 Å². The highest BCUT2D eigenvalue weighted by Crippen LogP contribution is 2.17. The fraction of sp³-hybridized carbons (Fsp3) is 0.348. The topological polar surface area (TPSA) is 76.4 Å². The van der Waals surface area contributed by atoms with E-state index in [-0.39, 0.29) is 24.0 Å². The van der Waals surface area contributed by atoms with Crippen LogP contribution in [0.2, 0.25) is 0 Å². The number of ether oxygens (including phenoxy) is 1. The maximum atomic E-state index is 5.53. The van der Waals surface area contributed by atoms with Crippen LogP contribution in [-0.2, 0) is 13.1 Å². The molecule has 0 amide bonds. The molecule has 0 aliphatic heterocycles. The number of pyridine rings is 1. The van der Waals surface area contributed by atoms with E-state index in [2.05, 4.69) is 57.8 Å². The Morgan fingerprint density at radius 1 is 1.10 bits per heavy atom.